The molecular weight excluding hydrogens is 226 g/mol. The highest BCUT2D eigenvalue weighted by Gasteiger charge is 2.04. The first-order chi connectivity index (χ1) is 8.93. The van der Waals surface area contributed by atoms with Crippen molar-refractivity contribution in [2.45, 2.75) is 12.8 Å². The summed E-state index contributed by atoms with van der Waals surface area (Å²) < 4.78 is 1.83. The molecule has 94 valence electrons. The molecule has 0 amide bonds. The van der Waals surface area contributed by atoms with Crippen molar-refractivity contribution >= 4 is 11.3 Å². The average Bonchev–Trinajstić information content (AvgIpc) is 2.89. The fourth-order valence-electron chi connectivity index (χ4n) is 2.23. The van der Waals surface area contributed by atoms with Crippen molar-refractivity contribution in [2.24, 2.45) is 0 Å². The third-order valence-electron chi connectivity index (χ3n) is 3.22. The number of hydrogen-bond donors (Lipinski definition) is 2. The fraction of sp³-hybridized carbons (Fsp3) is 0.385. The van der Waals surface area contributed by atoms with Crippen LogP contribution in [0.15, 0.2) is 36.3 Å². The predicted octanol–water partition coefficient (Wildman–Crippen LogP) is 1.45. The average molecular weight is 243 g/mol. The molecule has 0 bridgehead atoms. The maximum absolute atomic E-state index is 4.36. The van der Waals surface area contributed by atoms with Crippen LogP contribution in [0.2, 0.25) is 0 Å². The molecule has 0 aromatic carbocycles. The Hall–Kier alpha value is -1.88. The van der Waals surface area contributed by atoms with Crippen molar-refractivity contribution in [3.8, 4) is 0 Å². The number of rotatable bonds is 4. The maximum atomic E-state index is 4.36. The van der Waals surface area contributed by atoms with Gasteiger partial charge in [-0.2, -0.15) is 5.10 Å². The van der Waals surface area contributed by atoms with Crippen molar-refractivity contribution in [1.29, 1.82) is 0 Å². The third-order valence-corrected chi connectivity index (χ3v) is 3.22. The molecule has 2 N–H and O–H groups in total. The lowest BCUT2D eigenvalue weighted by Crippen LogP contribution is -2.21. The molecule has 3 rings (SSSR count). The van der Waals surface area contributed by atoms with Gasteiger partial charge >= 0.3 is 0 Å². The molecule has 0 spiro atoms. The zero-order valence-corrected chi connectivity index (χ0v) is 10.3. The van der Waals surface area contributed by atoms with Crippen molar-refractivity contribution in [3.05, 3.63) is 36.3 Å². The Balaban J connectivity index is 1.62. The Morgan fingerprint density at radius 2 is 2.39 bits per heavy atom. The first-order valence-electron chi connectivity index (χ1n) is 6.34. The van der Waals surface area contributed by atoms with Gasteiger partial charge < -0.3 is 10.6 Å². The summed E-state index contributed by atoms with van der Waals surface area (Å²) in [5.41, 5.74) is 2.55. The van der Waals surface area contributed by atoms with E-state index in [1.54, 1.807) is 12.4 Å². The van der Waals surface area contributed by atoms with Crippen molar-refractivity contribution in [2.75, 3.05) is 25.0 Å². The van der Waals surface area contributed by atoms with Crippen LogP contribution in [0.1, 0.15) is 12.8 Å². The van der Waals surface area contributed by atoms with Gasteiger partial charge in [-0.15, -0.1) is 0 Å². The minimum Gasteiger partial charge on any atom is -0.368 e. The van der Waals surface area contributed by atoms with Gasteiger partial charge in [0.15, 0.2) is 5.82 Å². The first-order valence-corrected chi connectivity index (χ1v) is 6.34. The van der Waals surface area contributed by atoms with Crippen LogP contribution in [0.5, 0.6) is 0 Å². The summed E-state index contributed by atoms with van der Waals surface area (Å²) in [6.45, 7) is 3.03. The SMILES string of the molecule is C1=C(CCNc2nccn3nccc23)CCNC1. The molecule has 3 heterocycles. The number of nitrogens with one attached hydrogen (secondary N) is 2. The maximum Gasteiger partial charge on any atom is 0.152 e. The molecule has 2 aromatic heterocycles. The van der Waals surface area contributed by atoms with Crippen LogP contribution in [0.25, 0.3) is 5.52 Å². The fourth-order valence-corrected chi connectivity index (χ4v) is 2.23. The second-order valence-electron chi connectivity index (χ2n) is 4.43. The van der Waals surface area contributed by atoms with E-state index in [0.29, 0.717) is 0 Å². The molecule has 0 radical (unpaired) electrons. The summed E-state index contributed by atoms with van der Waals surface area (Å²) in [6, 6.07) is 1.97. The van der Waals surface area contributed by atoms with Crippen LogP contribution in [0.4, 0.5) is 5.82 Å². The topological polar surface area (TPSA) is 54.2 Å². The minimum atomic E-state index is 0.907. The molecule has 0 saturated carbocycles. The van der Waals surface area contributed by atoms with Gasteiger partial charge in [0.1, 0.15) is 5.52 Å². The van der Waals surface area contributed by atoms with E-state index in [4.69, 9.17) is 0 Å². The Bertz CT molecular complexity index is 557. The Morgan fingerprint density at radius 1 is 1.39 bits per heavy atom. The number of fused-ring (bicyclic) bond motifs is 1. The highest BCUT2D eigenvalue weighted by atomic mass is 15.2. The van der Waals surface area contributed by atoms with Crippen LogP contribution in [-0.2, 0) is 0 Å². The quantitative estimate of drug-likeness (QED) is 0.798. The van der Waals surface area contributed by atoms with Crippen LogP contribution < -0.4 is 10.6 Å². The van der Waals surface area contributed by atoms with E-state index in [9.17, 15) is 0 Å². The monoisotopic (exact) mass is 243 g/mol. The molecule has 0 aliphatic carbocycles. The molecule has 5 nitrogen and oxygen atoms in total. The first kappa shape index (κ1) is 11.2. The molecule has 18 heavy (non-hydrogen) atoms. The molecular formula is C13H17N5. The van der Waals surface area contributed by atoms with Crippen LogP contribution in [-0.4, -0.2) is 34.2 Å². The van der Waals surface area contributed by atoms with E-state index in [1.807, 2.05) is 16.8 Å². The zero-order valence-electron chi connectivity index (χ0n) is 10.3. The lowest BCUT2D eigenvalue weighted by Gasteiger charge is -2.14. The van der Waals surface area contributed by atoms with Crippen LogP contribution >= 0.6 is 0 Å². The van der Waals surface area contributed by atoms with E-state index in [0.717, 1.165) is 43.8 Å². The van der Waals surface area contributed by atoms with Gasteiger partial charge in [0.05, 0.1) is 6.20 Å². The zero-order chi connectivity index (χ0) is 12.2. The van der Waals surface area contributed by atoms with E-state index in [-0.39, 0.29) is 0 Å². The van der Waals surface area contributed by atoms with Gasteiger partial charge in [-0.1, -0.05) is 11.6 Å². The van der Waals surface area contributed by atoms with Gasteiger partial charge in [-0.05, 0) is 25.5 Å². The molecule has 1 aliphatic rings. The van der Waals surface area contributed by atoms with E-state index in [2.05, 4.69) is 26.8 Å². The summed E-state index contributed by atoms with van der Waals surface area (Å²) in [6.07, 6.45) is 9.95. The second kappa shape index (κ2) is 5.18. The summed E-state index contributed by atoms with van der Waals surface area (Å²) >= 11 is 0. The largest absolute Gasteiger partial charge is 0.368 e. The Labute approximate surface area is 106 Å². The van der Waals surface area contributed by atoms with Crippen LogP contribution in [0, 0.1) is 0 Å². The molecule has 0 unspecified atom stereocenters. The van der Waals surface area contributed by atoms with E-state index >= 15 is 0 Å². The predicted molar refractivity (Wildman–Crippen MR) is 71.7 cm³/mol. The molecule has 2 aromatic rings. The summed E-state index contributed by atoms with van der Waals surface area (Å²) in [5.74, 6) is 0.907. The molecule has 1 aliphatic heterocycles. The smallest absolute Gasteiger partial charge is 0.152 e. The number of nitrogens with zero attached hydrogens (tertiary/aromatic N) is 3. The van der Waals surface area contributed by atoms with Crippen LogP contribution in [0.3, 0.4) is 0 Å². The summed E-state index contributed by atoms with van der Waals surface area (Å²) in [5, 5.41) is 10.9. The molecule has 0 fully saturated rings. The van der Waals surface area contributed by atoms with Gasteiger partial charge in [-0.25, -0.2) is 9.50 Å². The van der Waals surface area contributed by atoms with E-state index in [1.165, 1.54) is 5.57 Å². The Morgan fingerprint density at radius 3 is 3.28 bits per heavy atom. The number of anilines is 1. The van der Waals surface area contributed by atoms with Gasteiger partial charge in [0, 0.05) is 25.5 Å². The van der Waals surface area contributed by atoms with Crippen molar-refractivity contribution < 1.29 is 0 Å². The van der Waals surface area contributed by atoms with Crippen molar-refractivity contribution in [1.82, 2.24) is 19.9 Å². The molecule has 5 heteroatoms. The highest BCUT2D eigenvalue weighted by molar-refractivity contribution is 5.66. The summed E-state index contributed by atoms with van der Waals surface area (Å²) in [4.78, 5) is 4.36. The molecule has 0 atom stereocenters. The lowest BCUT2D eigenvalue weighted by molar-refractivity contribution is 0.683. The summed E-state index contributed by atoms with van der Waals surface area (Å²) in [7, 11) is 0. The third kappa shape index (κ3) is 2.36. The van der Waals surface area contributed by atoms with Gasteiger partial charge in [0.2, 0.25) is 0 Å². The Kier molecular flexibility index (Phi) is 3.23. The van der Waals surface area contributed by atoms with Crippen molar-refractivity contribution in [3.63, 3.8) is 0 Å². The van der Waals surface area contributed by atoms with Gasteiger partial charge in [0.25, 0.3) is 0 Å². The highest BCUT2D eigenvalue weighted by Crippen LogP contribution is 2.14. The van der Waals surface area contributed by atoms with Gasteiger partial charge in [-0.3, -0.25) is 0 Å². The number of hydrogen-bond acceptors (Lipinski definition) is 4. The number of aromatic nitrogens is 3. The minimum absolute atomic E-state index is 0.907. The molecule has 0 saturated heterocycles. The standard InChI is InChI=1S/C13H17N5/c1-5-14-6-2-11(1)3-7-15-13-12-4-8-17-18(12)10-9-16-13/h1,4,8-10,14H,2-3,5-7H2,(H,15,16). The van der Waals surface area contributed by atoms with E-state index < -0.39 is 0 Å². The normalized spacial score (nSPS) is 15.7. The second-order valence-corrected chi connectivity index (χ2v) is 4.43. The lowest BCUT2D eigenvalue weighted by atomic mass is 10.1.